The number of hydrogen-bond donors (Lipinski definition) is 2. The monoisotopic (exact) mass is 276 g/mol. The molecule has 0 saturated carbocycles. The van der Waals surface area contributed by atoms with Crippen molar-refractivity contribution < 1.29 is 9.53 Å². The second-order valence-corrected chi connectivity index (χ2v) is 5.49. The normalized spacial score (nSPS) is 18.8. The van der Waals surface area contributed by atoms with Crippen molar-refractivity contribution in [1.82, 2.24) is 0 Å². The number of rotatable bonds is 5. The van der Waals surface area contributed by atoms with Crippen molar-refractivity contribution in [1.29, 1.82) is 0 Å². The number of carbonyl (C=O) groups excluding carboxylic acids is 1. The highest BCUT2D eigenvalue weighted by atomic mass is 16.5. The Bertz CT molecular complexity index is 454. The summed E-state index contributed by atoms with van der Waals surface area (Å²) < 4.78 is 5.64. The van der Waals surface area contributed by atoms with Gasteiger partial charge in [-0.05, 0) is 55.9 Å². The third-order valence-corrected chi connectivity index (χ3v) is 3.62. The molecule has 1 saturated heterocycles. The molecule has 0 spiro atoms. The van der Waals surface area contributed by atoms with Gasteiger partial charge in [0.2, 0.25) is 5.91 Å². The number of nitrogens with two attached hydrogens (primary N) is 1. The molecule has 0 bridgehead atoms. The molecule has 20 heavy (non-hydrogen) atoms. The maximum Gasteiger partial charge on any atom is 0.224 e. The van der Waals surface area contributed by atoms with Crippen LogP contribution in [0.5, 0.6) is 0 Å². The van der Waals surface area contributed by atoms with Crippen molar-refractivity contribution in [3.8, 4) is 0 Å². The first kappa shape index (κ1) is 15.0. The maximum absolute atomic E-state index is 12.0. The highest BCUT2D eigenvalue weighted by molar-refractivity contribution is 5.90. The third-order valence-electron chi connectivity index (χ3n) is 3.62. The van der Waals surface area contributed by atoms with Gasteiger partial charge in [0.1, 0.15) is 0 Å². The van der Waals surface area contributed by atoms with Gasteiger partial charge >= 0.3 is 0 Å². The predicted octanol–water partition coefficient (Wildman–Crippen LogP) is 2.74. The van der Waals surface area contributed by atoms with Crippen molar-refractivity contribution in [2.45, 2.75) is 51.7 Å². The van der Waals surface area contributed by atoms with E-state index in [-0.39, 0.29) is 12.0 Å². The molecule has 0 aliphatic carbocycles. The van der Waals surface area contributed by atoms with Crippen LogP contribution in [0.4, 0.5) is 5.69 Å². The first-order chi connectivity index (χ1) is 9.67. The Morgan fingerprint density at radius 3 is 2.95 bits per heavy atom. The molecule has 4 nitrogen and oxygen atoms in total. The molecule has 0 unspecified atom stereocenters. The zero-order valence-electron chi connectivity index (χ0n) is 12.2. The molecule has 1 aromatic carbocycles. The van der Waals surface area contributed by atoms with Crippen LogP contribution in [0.1, 0.15) is 43.2 Å². The Hall–Kier alpha value is -1.39. The summed E-state index contributed by atoms with van der Waals surface area (Å²) in [5.41, 5.74) is 8.63. The van der Waals surface area contributed by atoms with Crippen LogP contribution in [-0.2, 0) is 16.1 Å². The summed E-state index contributed by atoms with van der Waals surface area (Å²) in [5, 5.41) is 2.95. The molecule has 3 N–H and O–H groups in total. The van der Waals surface area contributed by atoms with E-state index in [0.29, 0.717) is 13.0 Å². The van der Waals surface area contributed by atoms with Crippen LogP contribution in [-0.4, -0.2) is 18.6 Å². The second kappa shape index (κ2) is 7.41. The van der Waals surface area contributed by atoms with Gasteiger partial charge in [-0.1, -0.05) is 6.07 Å². The molecule has 0 radical (unpaired) electrons. The Balaban J connectivity index is 1.83. The summed E-state index contributed by atoms with van der Waals surface area (Å²) >= 11 is 0. The van der Waals surface area contributed by atoms with Crippen LogP contribution < -0.4 is 11.1 Å². The van der Waals surface area contributed by atoms with Crippen LogP contribution in [0.25, 0.3) is 0 Å². The molecule has 1 amide bonds. The van der Waals surface area contributed by atoms with E-state index in [1.165, 1.54) is 6.42 Å². The van der Waals surface area contributed by atoms with E-state index < -0.39 is 0 Å². The molecule has 1 atom stereocenters. The number of anilines is 1. The largest absolute Gasteiger partial charge is 0.378 e. The molecule has 1 fully saturated rings. The average molecular weight is 276 g/mol. The zero-order valence-corrected chi connectivity index (χ0v) is 12.2. The van der Waals surface area contributed by atoms with Gasteiger partial charge in [-0.2, -0.15) is 0 Å². The van der Waals surface area contributed by atoms with Gasteiger partial charge in [0.15, 0.2) is 0 Å². The highest BCUT2D eigenvalue weighted by Gasteiger charge is 2.15. The second-order valence-electron chi connectivity index (χ2n) is 5.49. The summed E-state index contributed by atoms with van der Waals surface area (Å²) in [6, 6.07) is 5.93. The summed E-state index contributed by atoms with van der Waals surface area (Å²) in [4.78, 5) is 12.0. The molecular formula is C16H24N2O2. The van der Waals surface area contributed by atoms with Gasteiger partial charge in [-0.15, -0.1) is 0 Å². The Morgan fingerprint density at radius 2 is 2.25 bits per heavy atom. The quantitative estimate of drug-likeness (QED) is 0.869. The Kier molecular flexibility index (Phi) is 5.56. The highest BCUT2D eigenvalue weighted by Crippen LogP contribution is 2.18. The van der Waals surface area contributed by atoms with Gasteiger partial charge < -0.3 is 15.8 Å². The van der Waals surface area contributed by atoms with Gasteiger partial charge in [0.25, 0.3) is 0 Å². The minimum Gasteiger partial charge on any atom is -0.378 e. The van der Waals surface area contributed by atoms with E-state index in [0.717, 1.165) is 42.7 Å². The molecule has 110 valence electrons. The zero-order chi connectivity index (χ0) is 14.4. The van der Waals surface area contributed by atoms with E-state index in [1.807, 2.05) is 25.1 Å². The van der Waals surface area contributed by atoms with E-state index in [1.54, 1.807) is 0 Å². The number of nitrogens with one attached hydrogen (secondary N) is 1. The molecule has 4 heteroatoms. The topological polar surface area (TPSA) is 64.3 Å². The van der Waals surface area contributed by atoms with Crippen molar-refractivity contribution >= 4 is 11.6 Å². The molecule has 1 aliphatic heterocycles. The predicted molar refractivity (Wildman–Crippen MR) is 80.5 cm³/mol. The lowest BCUT2D eigenvalue weighted by molar-refractivity contribution is -0.117. The van der Waals surface area contributed by atoms with Crippen molar-refractivity contribution in [3.05, 3.63) is 29.3 Å². The van der Waals surface area contributed by atoms with E-state index in [2.05, 4.69) is 5.32 Å². The lowest BCUT2D eigenvalue weighted by Gasteiger charge is -2.22. The molecule has 1 aromatic rings. The third kappa shape index (κ3) is 4.62. The SMILES string of the molecule is Cc1cc(CN)cc(NC(=O)CC[C@@H]2CCCCO2)c1. The van der Waals surface area contributed by atoms with Crippen molar-refractivity contribution in [3.63, 3.8) is 0 Å². The molecule has 0 aromatic heterocycles. The van der Waals surface area contributed by atoms with Gasteiger partial charge in [0, 0.05) is 25.3 Å². The summed E-state index contributed by atoms with van der Waals surface area (Å²) in [6.45, 7) is 3.33. The lowest BCUT2D eigenvalue weighted by Crippen LogP contribution is -2.21. The summed E-state index contributed by atoms with van der Waals surface area (Å²) in [5.74, 6) is 0.0488. The minimum atomic E-state index is 0.0488. The van der Waals surface area contributed by atoms with Crippen molar-refractivity contribution in [2.24, 2.45) is 5.73 Å². The van der Waals surface area contributed by atoms with E-state index in [9.17, 15) is 4.79 Å². The van der Waals surface area contributed by atoms with Crippen LogP contribution in [0.15, 0.2) is 18.2 Å². The Morgan fingerprint density at radius 1 is 1.40 bits per heavy atom. The van der Waals surface area contributed by atoms with Crippen LogP contribution in [0.3, 0.4) is 0 Å². The van der Waals surface area contributed by atoms with Crippen LogP contribution in [0.2, 0.25) is 0 Å². The number of ether oxygens (including phenoxy) is 1. The van der Waals surface area contributed by atoms with E-state index in [4.69, 9.17) is 10.5 Å². The average Bonchev–Trinajstić information content (AvgIpc) is 2.45. The number of carbonyl (C=O) groups is 1. The molecular weight excluding hydrogens is 252 g/mol. The van der Waals surface area contributed by atoms with Gasteiger partial charge in [0.05, 0.1) is 6.10 Å². The molecule has 1 aliphatic rings. The maximum atomic E-state index is 12.0. The van der Waals surface area contributed by atoms with E-state index >= 15 is 0 Å². The fourth-order valence-corrected chi connectivity index (χ4v) is 2.60. The first-order valence-corrected chi connectivity index (χ1v) is 7.39. The smallest absolute Gasteiger partial charge is 0.224 e. The number of benzene rings is 1. The number of amides is 1. The summed E-state index contributed by atoms with van der Waals surface area (Å²) in [6.07, 6.45) is 5.01. The van der Waals surface area contributed by atoms with Crippen molar-refractivity contribution in [2.75, 3.05) is 11.9 Å². The van der Waals surface area contributed by atoms with Gasteiger partial charge in [-0.25, -0.2) is 0 Å². The number of hydrogen-bond acceptors (Lipinski definition) is 3. The van der Waals surface area contributed by atoms with Crippen LogP contribution in [0, 0.1) is 6.92 Å². The summed E-state index contributed by atoms with van der Waals surface area (Å²) in [7, 11) is 0. The number of aryl methyl sites for hydroxylation is 1. The fourth-order valence-electron chi connectivity index (χ4n) is 2.60. The molecule has 2 rings (SSSR count). The molecule has 1 heterocycles. The van der Waals surface area contributed by atoms with Gasteiger partial charge in [-0.3, -0.25) is 4.79 Å². The Labute approximate surface area is 120 Å². The van der Waals surface area contributed by atoms with Crippen LogP contribution >= 0.6 is 0 Å². The minimum absolute atomic E-state index is 0.0488. The first-order valence-electron chi connectivity index (χ1n) is 7.39. The lowest BCUT2D eigenvalue weighted by atomic mass is 10.0. The fraction of sp³-hybridized carbons (Fsp3) is 0.562. The standard InChI is InChI=1S/C16H24N2O2/c1-12-8-13(11-17)10-14(9-12)18-16(19)6-5-15-4-2-3-7-20-15/h8-10,15H,2-7,11,17H2,1H3,(H,18,19)/t15-/m0/s1.